The molecule has 2 N–H and O–H groups in total. The van der Waals surface area contributed by atoms with Crippen molar-refractivity contribution >= 4 is 46.5 Å². The molecule has 0 aliphatic carbocycles. The van der Waals surface area contributed by atoms with Gasteiger partial charge in [-0.15, -0.1) is 11.3 Å². The van der Waals surface area contributed by atoms with Crippen LogP contribution in [0.5, 0.6) is 5.75 Å². The number of carbonyl (C=O) groups is 3. The number of anilines is 1. The van der Waals surface area contributed by atoms with Crippen LogP contribution in [0.3, 0.4) is 0 Å². The molecule has 132 valence electrons. The number of amides is 1. The van der Waals surface area contributed by atoms with Crippen LogP contribution in [0.2, 0.25) is 5.02 Å². The number of methoxy groups -OCH3 is 1. The highest BCUT2D eigenvalue weighted by Gasteiger charge is 2.20. The van der Waals surface area contributed by atoms with Crippen molar-refractivity contribution in [3.05, 3.63) is 44.9 Å². The molecule has 0 fully saturated rings. The average Bonchev–Trinajstić information content (AvgIpc) is 3.05. The molecule has 0 aliphatic heterocycles. The van der Waals surface area contributed by atoms with Crippen molar-refractivity contribution in [2.45, 2.75) is 0 Å². The van der Waals surface area contributed by atoms with E-state index in [2.05, 4.69) is 10.1 Å². The smallest absolute Gasteiger partial charge is 0.343 e. The Labute approximate surface area is 149 Å². The Balaban J connectivity index is 2.23. The van der Waals surface area contributed by atoms with Crippen LogP contribution in [-0.4, -0.2) is 36.7 Å². The SMILES string of the molecule is COC(=O)COc1cc(NC(=O)c2sccc2C(=O)O)c(F)cc1Cl. The first-order chi connectivity index (χ1) is 11.8. The minimum atomic E-state index is -1.27. The number of hydrogen-bond acceptors (Lipinski definition) is 6. The summed E-state index contributed by atoms with van der Waals surface area (Å²) in [6.07, 6.45) is 0. The number of hydrogen-bond donors (Lipinski definition) is 2. The zero-order valence-electron chi connectivity index (χ0n) is 12.7. The van der Waals surface area contributed by atoms with E-state index < -0.39 is 30.3 Å². The number of carboxylic acids is 1. The summed E-state index contributed by atoms with van der Waals surface area (Å²) in [7, 11) is 1.17. The Morgan fingerprint density at radius 2 is 2.08 bits per heavy atom. The van der Waals surface area contributed by atoms with Crippen molar-refractivity contribution in [3.63, 3.8) is 0 Å². The Bertz CT molecular complexity index is 837. The molecular weight excluding hydrogens is 377 g/mol. The lowest BCUT2D eigenvalue weighted by molar-refractivity contribution is -0.142. The van der Waals surface area contributed by atoms with Crippen molar-refractivity contribution in [1.29, 1.82) is 0 Å². The van der Waals surface area contributed by atoms with Gasteiger partial charge in [0.15, 0.2) is 6.61 Å². The van der Waals surface area contributed by atoms with Crippen molar-refractivity contribution in [1.82, 2.24) is 0 Å². The second-order valence-corrected chi connectivity index (χ2v) is 5.87. The molecule has 7 nitrogen and oxygen atoms in total. The first kappa shape index (κ1) is 18.7. The van der Waals surface area contributed by atoms with Gasteiger partial charge in [0, 0.05) is 6.07 Å². The molecule has 0 atom stereocenters. The molecule has 0 saturated heterocycles. The maximum Gasteiger partial charge on any atom is 0.343 e. The lowest BCUT2D eigenvalue weighted by Crippen LogP contribution is -2.16. The third-order valence-corrected chi connectivity index (χ3v) is 4.15. The molecule has 0 aliphatic rings. The molecule has 1 aromatic heterocycles. The number of halogens is 2. The summed E-state index contributed by atoms with van der Waals surface area (Å²) in [6.45, 7) is -0.455. The highest BCUT2D eigenvalue weighted by atomic mass is 35.5. The number of nitrogens with one attached hydrogen (secondary N) is 1. The third-order valence-electron chi connectivity index (χ3n) is 2.94. The zero-order chi connectivity index (χ0) is 18.6. The van der Waals surface area contributed by atoms with Gasteiger partial charge < -0.3 is 19.9 Å². The first-order valence-electron chi connectivity index (χ1n) is 6.64. The van der Waals surface area contributed by atoms with Gasteiger partial charge in [-0.25, -0.2) is 14.0 Å². The number of benzene rings is 1. The number of ether oxygens (including phenoxy) is 2. The van der Waals surface area contributed by atoms with E-state index in [-0.39, 0.29) is 26.9 Å². The molecule has 25 heavy (non-hydrogen) atoms. The molecule has 1 amide bonds. The number of carbonyl (C=O) groups excluding carboxylic acids is 2. The Morgan fingerprint density at radius 1 is 1.36 bits per heavy atom. The molecule has 0 spiro atoms. The molecule has 2 aromatic rings. The van der Waals surface area contributed by atoms with Crippen molar-refractivity contribution in [3.8, 4) is 5.75 Å². The van der Waals surface area contributed by atoms with Gasteiger partial charge in [-0.1, -0.05) is 11.6 Å². The number of esters is 1. The summed E-state index contributed by atoms with van der Waals surface area (Å²) in [6, 6.07) is 3.26. The normalized spacial score (nSPS) is 10.2. The van der Waals surface area contributed by atoms with E-state index >= 15 is 0 Å². The highest BCUT2D eigenvalue weighted by Crippen LogP contribution is 2.31. The summed E-state index contributed by atoms with van der Waals surface area (Å²) >= 11 is 6.73. The maximum atomic E-state index is 14.0. The van der Waals surface area contributed by atoms with Crippen molar-refractivity contribution in [2.24, 2.45) is 0 Å². The average molecular weight is 388 g/mol. The van der Waals surface area contributed by atoms with E-state index in [0.717, 1.165) is 23.5 Å². The van der Waals surface area contributed by atoms with Gasteiger partial charge in [-0.05, 0) is 17.5 Å². The van der Waals surface area contributed by atoms with E-state index in [1.54, 1.807) is 0 Å². The molecule has 2 rings (SSSR count). The fourth-order valence-electron chi connectivity index (χ4n) is 1.76. The Morgan fingerprint density at radius 3 is 2.72 bits per heavy atom. The van der Waals surface area contributed by atoms with Crippen LogP contribution in [0, 0.1) is 5.82 Å². The van der Waals surface area contributed by atoms with E-state index in [1.165, 1.54) is 18.6 Å². The van der Waals surface area contributed by atoms with Crippen LogP contribution in [-0.2, 0) is 9.53 Å². The molecule has 0 saturated carbocycles. The summed E-state index contributed by atoms with van der Waals surface area (Å²) in [5, 5.41) is 12.6. The number of aromatic carboxylic acids is 1. The van der Waals surface area contributed by atoms with Crippen LogP contribution < -0.4 is 10.1 Å². The second-order valence-electron chi connectivity index (χ2n) is 4.55. The monoisotopic (exact) mass is 387 g/mol. The minimum Gasteiger partial charge on any atom is -0.480 e. The largest absolute Gasteiger partial charge is 0.480 e. The lowest BCUT2D eigenvalue weighted by atomic mass is 10.2. The minimum absolute atomic E-state index is 0.0478. The number of thiophene rings is 1. The molecule has 1 heterocycles. The Hall–Kier alpha value is -2.65. The van der Waals surface area contributed by atoms with Crippen molar-refractivity contribution in [2.75, 3.05) is 19.0 Å². The standard InChI is InChI=1S/C15H11ClFNO6S/c1-23-12(19)6-24-11-5-10(9(17)4-8(11)16)18-14(20)13-7(15(21)22)2-3-25-13/h2-5H,6H2,1H3,(H,18,20)(H,21,22). The first-order valence-corrected chi connectivity index (χ1v) is 7.90. The van der Waals surface area contributed by atoms with E-state index in [1.807, 2.05) is 0 Å². The summed E-state index contributed by atoms with van der Waals surface area (Å²) in [5.74, 6) is -3.64. The van der Waals surface area contributed by atoms with E-state index in [9.17, 15) is 18.8 Å². The van der Waals surface area contributed by atoms with Gasteiger partial charge in [-0.3, -0.25) is 4.79 Å². The molecule has 0 radical (unpaired) electrons. The molecule has 0 unspecified atom stereocenters. The van der Waals surface area contributed by atoms with Gasteiger partial charge in [0.25, 0.3) is 5.91 Å². The van der Waals surface area contributed by atoms with Crippen LogP contribution in [0.25, 0.3) is 0 Å². The molecule has 10 heteroatoms. The van der Waals surface area contributed by atoms with Gasteiger partial charge in [0.05, 0.1) is 23.4 Å². The van der Waals surface area contributed by atoms with Gasteiger partial charge in [0.1, 0.15) is 16.4 Å². The zero-order valence-corrected chi connectivity index (χ0v) is 14.2. The van der Waals surface area contributed by atoms with Crippen LogP contribution >= 0.6 is 22.9 Å². The summed E-state index contributed by atoms with van der Waals surface area (Å²) in [5.41, 5.74) is -0.474. The van der Waals surface area contributed by atoms with Crippen LogP contribution in [0.15, 0.2) is 23.6 Å². The summed E-state index contributed by atoms with van der Waals surface area (Å²) in [4.78, 5) is 34.2. The topological polar surface area (TPSA) is 102 Å². The number of rotatable bonds is 6. The fraction of sp³-hybridized carbons (Fsp3) is 0.133. The van der Waals surface area contributed by atoms with Crippen LogP contribution in [0.4, 0.5) is 10.1 Å². The predicted octanol–water partition coefficient (Wildman–Crippen LogP) is 3.04. The van der Waals surface area contributed by atoms with E-state index in [4.69, 9.17) is 21.4 Å². The second kappa shape index (κ2) is 7.95. The molecule has 1 aromatic carbocycles. The fourth-order valence-corrected chi connectivity index (χ4v) is 2.75. The highest BCUT2D eigenvalue weighted by molar-refractivity contribution is 7.12. The van der Waals surface area contributed by atoms with E-state index in [0.29, 0.717) is 0 Å². The number of carboxylic acid groups (broad SMARTS) is 1. The Kier molecular flexibility index (Phi) is 5.94. The third kappa shape index (κ3) is 4.46. The maximum absolute atomic E-state index is 14.0. The summed E-state index contributed by atoms with van der Waals surface area (Å²) < 4.78 is 23.5. The van der Waals surface area contributed by atoms with Gasteiger partial charge >= 0.3 is 11.9 Å². The molecular formula is C15H11ClFNO6S. The predicted molar refractivity (Wildman–Crippen MR) is 88.2 cm³/mol. The van der Waals surface area contributed by atoms with Gasteiger partial charge in [-0.2, -0.15) is 0 Å². The quantitative estimate of drug-likeness (QED) is 0.739. The van der Waals surface area contributed by atoms with Gasteiger partial charge in [0.2, 0.25) is 0 Å². The lowest BCUT2D eigenvalue weighted by Gasteiger charge is -2.11. The molecule has 0 bridgehead atoms. The van der Waals surface area contributed by atoms with Crippen LogP contribution in [0.1, 0.15) is 20.0 Å². The van der Waals surface area contributed by atoms with Crippen molar-refractivity contribution < 1.29 is 33.4 Å².